The third-order valence-electron chi connectivity index (χ3n) is 3.72. The molecule has 18 heavy (non-hydrogen) atoms. The minimum atomic E-state index is 0.280. The van der Waals surface area contributed by atoms with Gasteiger partial charge in [-0.1, -0.05) is 13.8 Å². The number of aromatic nitrogens is 2. The van der Waals surface area contributed by atoms with E-state index in [0.717, 1.165) is 32.5 Å². The molecule has 1 saturated heterocycles. The smallest absolute Gasteiger partial charge is 0.0797 e. The summed E-state index contributed by atoms with van der Waals surface area (Å²) in [5.74, 6) is 0.615. The van der Waals surface area contributed by atoms with Crippen LogP contribution in [0.4, 0.5) is 0 Å². The number of nitrogens with zero attached hydrogens (tertiary/aromatic N) is 2. The molecule has 2 heterocycles. The van der Waals surface area contributed by atoms with E-state index in [1.807, 2.05) is 10.9 Å². The summed E-state index contributed by atoms with van der Waals surface area (Å²) in [6.07, 6.45) is 6.70. The Bertz CT molecular complexity index is 364. The number of ether oxygens (including phenoxy) is 1. The molecule has 1 fully saturated rings. The van der Waals surface area contributed by atoms with Gasteiger partial charge in [0.15, 0.2) is 0 Å². The Kier molecular flexibility index (Phi) is 4.78. The van der Waals surface area contributed by atoms with Crippen molar-refractivity contribution in [1.82, 2.24) is 15.1 Å². The SMILES string of the molecule is CCCNC(c1cnn(CC)c1)C1OCCC1C. The summed E-state index contributed by atoms with van der Waals surface area (Å²) in [6.45, 7) is 9.41. The molecular formula is C14H25N3O. The van der Waals surface area contributed by atoms with Crippen LogP contribution in [0.5, 0.6) is 0 Å². The van der Waals surface area contributed by atoms with Crippen molar-refractivity contribution in [1.29, 1.82) is 0 Å². The monoisotopic (exact) mass is 251 g/mol. The maximum atomic E-state index is 5.92. The molecule has 0 spiro atoms. The molecule has 0 aromatic carbocycles. The van der Waals surface area contributed by atoms with E-state index in [9.17, 15) is 0 Å². The average molecular weight is 251 g/mol. The van der Waals surface area contributed by atoms with Crippen LogP contribution in [-0.2, 0) is 11.3 Å². The molecule has 1 N–H and O–H groups in total. The van der Waals surface area contributed by atoms with E-state index in [1.165, 1.54) is 5.56 Å². The summed E-state index contributed by atoms with van der Waals surface area (Å²) in [7, 11) is 0. The van der Waals surface area contributed by atoms with E-state index in [0.29, 0.717) is 5.92 Å². The van der Waals surface area contributed by atoms with Crippen molar-refractivity contribution >= 4 is 0 Å². The first kappa shape index (κ1) is 13.6. The zero-order valence-electron chi connectivity index (χ0n) is 11.7. The van der Waals surface area contributed by atoms with Crippen LogP contribution >= 0.6 is 0 Å². The third-order valence-corrected chi connectivity index (χ3v) is 3.72. The molecule has 4 heteroatoms. The van der Waals surface area contributed by atoms with Crippen LogP contribution in [0.25, 0.3) is 0 Å². The van der Waals surface area contributed by atoms with Gasteiger partial charge in [0.25, 0.3) is 0 Å². The molecule has 3 atom stereocenters. The van der Waals surface area contributed by atoms with Crippen molar-refractivity contribution in [3.05, 3.63) is 18.0 Å². The summed E-state index contributed by atoms with van der Waals surface area (Å²) < 4.78 is 7.90. The van der Waals surface area contributed by atoms with Gasteiger partial charge in [-0.15, -0.1) is 0 Å². The lowest BCUT2D eigenvalue weighted by Crippen LogP contribution is -2.35. The molecule has 2 rings (SSSR count). The van der Waals surface area contributed by atoms with Crippen LogP contribution in [0.2, 0.25) is 0 Å². The summed E-state index contributed by atoms with van der Waals surface area (Å²) >= 11 is 0. The van der Waals surface area contributed by atoms with Crippen LogP contribution in [0, 0.1) is 5.92 Å². The Balaban J connectivity index is 2.13. The second kappa shape index (κ2) is 6.34. The Morgan fingerprint density at radius 1 is 1.56 bits per heavy atom. The van der Waals surface area contributed by atoms with Crippen molar-refractivity contribution in [3.8, 4) is 0 Å². The number of hydrogen-bond acceptors (Lipinski definition) is 3. The molecule has 3 unspecified atom stereocenters. The topological polar surface area (TPSA) is 39.1 Å². The van der Waals surface area contributed by atoms with Crippen molar-refractivity contribution < 1.29 is 4.74 Å². The molecule has 1 aliphatic heterocycles. The molecule has 0 radical (unpaired) electrons. The quantitative estimate of drug-likeness (QED) is 0.843. The Labute approximate surface area is 110 Å². The first-order chi connectivity index (χ1) is 8.76. The normalized spacial score (nSPS) is 25.5. The number of aryl methyl sites for hydroxylation is 1. The van der Waals surface area contributed by atoms with E-state index in [4.69, 9.17) is 4.74 Å². The van der Waals surface area contributed by atoms with Crippen molar-refractivity contribution in [2.24, 2.45) is 5.92 Å². The van der Waals surface area contributed by atoms with E-state index >= 15 is 0 Å². The molecule has 0 amide bonds. The fraction of sp³-hybridized carbons (Fsp3) is 0.786. The Morgan fingerprint density at radius 2 is 2.39 bits per heavy atom. The molecule has 0 saturated carbocycles. The standard InChI is InChI=1S/C14H25N3O/c1-4-7-15-13(14-11(3)6-8-18-14)12-9-16-17(5-2)10-12/h9-11,13-15H,4-8H2,1-3H3. The molecule has 0 aliphatic carbocycles. The maximum absolute atomic E-state index is 5.92. The van der Waals surface area contributed by atoms with Crippen molar-refractivity contribution in [2.75, 3.05) is 13.2 Å². The second-order valence-corrected chi connectivity index (χ2v) is 5.16. The second-order valence-electron chi connectivity index (χ2n) is 5.16. The minimum absolute atomic E-state index is 0.280. The largest absolute Gasteiger partial charge is 0.376 e. The van der Waals surface area contributed by atoms with Gasteiger partial charge in [0.2, 0.25) is 0 Å². The van der Waals surface area contributed by atoms with E-state index in [-0.39, 0.29) is 12.1 Å². The fourth-order valence-electron chi connectivity index (χ4n) is 2.58. The molecule has 1 aliphatic rings. The number of rotatable bonds is 6. The van der Waals surface area contributed by atoms with Gasteiger partial charge >= 0.3 is 0 Å². The Hall–Kier alpha value is -0.870. The van der Waals surface area contributed by atoms with Gasteiger partial charge in [0.1, 0.15) is 0 Å². The van der Waals surface area contributed by atoms with Gasteiger partial charge in [-0.2, -0.15) is 5.10 Å². The highest BCUT2D eigenvalue weighted by atomic mass is 16.5. The van der Waals surface area contributed by atoms with Crippen molar-refractivity contribution in [2.45, 2.75) is 52.3 Å². The summed E-state index contributed by atoms with van der Waals surface area (Å²) in [5, 5.41) is 8.00. The van der Waals surface area contributed by atoms with Crippen molar-refractivity contribution in [3.63, 3.8) is 0 Å². The maximum Gasteiger partial charge on any atom is 0.0797 e. The van der Waals surface area contributed by atoms with E-state index in [1.54, 1.807) is 0 Å². The molecule has 1 aromatic heterocycles. The zero-order chi connectivity index (χ0) is 13.0. The first-order valence-corrected chi connectivity index (χ1v) is 7.13. The van der Waals surface area contributed by atoms with Crippen LogP contribution in [0.1, 0.15) is 45.2 Å². The summed E-state index contributed by atoms with van der Waals surface area (Å²) in [5.41, 5.74) is 1.25. The van der Waals surface area contributed by atoms with E-state index in [2.05, 4.69) is 37.4 Å². The van der Waals surface area contributed by atoms with Gasteiger partial charge in [0, 0.05) is 24.9 Å². The highest BCUT2D eigenvalue weighted by Gasteiger charge is 2.33. The lowest BCUT2D eigenvalue weighted by atomic mass is 9.94. The van der Waals surface area contributed by atoms with E-state index < -0.39 is 0 Å². The first-order valence-electron chi connectivity index (χ1n) is 7.13. The molecular weight excluding hydrogens is 226 g/mol. The number of nitrogens with one attached hydrogen (secondary N) is 1. The van der Waals surface area contributed by atoms with Gasteiger partial charge in [-0.3, -0.25) is 4.68 Å². The van der Waals surface area contributed by atoms with Gasteiger partial charge in [-0.25, -0.2) is 0 Å². The van der Waals surface area contributed by atoms with Crippen LogP contribution in [0.3, 0.4) is 0 Å². The van der Waals surface area contributed by atoms with Crippen LogP contribution in [0.15, 0.2) is 12.4 Å². The highest BCUT2D eigenvalue weighted by molar-refractivity contribution is 5.13. The third kappa shape index (κ3) is 2.93. The zero-order valence-corrected chi connectivity index (χ0v) is 11.7. The summed E-state index contributed by atoms with van der Waals surface area (Å²) in [6, 6.07) is 0.280. The fourth-order valence-corrected chi connectivity index (χ4v) is 2.58. The highest BCUT2D eigenvalue weighted by Crippen LogP contribution is 2.31. The molecule has 1 aromatic rings. The Morgan fingerprint density at radius 3 is 2.94 bits per heavy atom. The summed E-state index contributed by atoms with van der Waals surface area (Å²) in [4.78, 5) is 0. The molecule has 4 nitrogen and oxygen atoms in total. The van der Waals surface area contributed by atoms with Crippen LogP contribution in [-0.4, -0.2) is 29.0 Å². The predicted octanol–water partition coefficient (Wildman–Crippen LogP) is 2.37. The number of hydrogen-bond donors (Lipinski definition) is 1. The van der Waals surface area contributed by atoms with Gasteiger partial charge in [0.05, 0.1) is 18.3 Å². The average Bonchev–Trinajstić information content (AvgIpc) is 3.00. The lowest BCUT2D eigenvalue weighted by Gasteiger charge is -2.26. The van der Waals surface area contributed by atoms with Crippen LogP contribution < -0.4 is 5.32 Å². The minimum Gasteiger partial charge on any atom is -0.376 e. The molecule has 0 bridgehead atoms. The predicted molar refractivity (Wildman–Crippen MR) is 72.5 cm³/mol. The van der Waals surface area contributed by atoms with Gasteiger partial charge < -0.3 is 10.1 Å². The molecule has 102 valence electrons. The van der Waals surface area contributed by atoms with Gasteiger partial charge in [-0.05, 0) is 32.2 Å². The lowest BCUT2D eigenvalue weighted by molar-refractivity contribution is 0.0607.